The van der Waals surface area contributed by atoms with E-state index in [0.717, 1.165) is 10.4 Å². The standard InChI is InChI=1S/C21H24N8O4/c1-12(30)24-17-9-13(6-7-22-17)32-14-8-15-19(23-11-14)26-20(28(15)5)25-18-10-16(21(2,3)4)29(27-18)33-31/h6-11,31H,1-5H3,(H,22,24,30)(H,23,25,26,27). The predicted octanol–water partition coefficient (Wildman–Crippen LogP) is 3.25. The Morgan fingerprint density at radius 3 is 2.58 bits per heavy atom. The highest BCUT2D eigenvalue weighted by atomic mass is 17.2. The molecule has 172 valence electrons. The fraction of sp³-hybridized carbons (Fsp3) is 0.286. The lowest BCUT2D eigenvalue weighted by Gasteiger charge is -2.16. The van der Waals surface area contributed by atoms with Crippen LogP contribution in [0, 0.1) is 0 Å². The molecular weight excluding hydrogens is 428 g/mol. The van der Waals surface area contributed by atoms with Crippen LogP contribution in [0.4, 0.5) is 17.6 Å². The summed E-state index contributed by atoms with van der Waals surface area (Å²) in [7, 11) is 1.83. The van der Waals surface area contributed by atoms with Crippen LogP contribution in [0.1, 0.15) is 33.4 Å². The van der Waals surface area contributed by atoms with Crippen molar-refractivity contribution in [2.24, 2.45) is 7.05 Å². The summed E-state index contributed by atoms with van der Waals surface area (Å²) in [5, 5.41) is 19.1. The number of pyridine rings is 2. The Hall–Kier alpha value is -4.19. The molecule has 12 nitrogen and oxygen atoms in total. The highest BCUT2D eigenvalue weighted by molar-refractivity contribution is 5.87. The third-order valence-electron chi connectivity index (χ3n) is 4.75. The number of rotatable bonds is 6. The Bertz CT molecular complexity index is 1320. The van der Waals surface area contributed by atoms with Gasteiger partial charge in [-0.2, -0.15) is 10.2 Å². The largest absolute Gasteiger partial charge is 0.455 e. The zero-order valence-corrected chi connectivity index (χ0v) is 18.8. The Morgan fingerprint density at radius 2 is 1.91 bits per heavy atom. The second kappa shape index (κ2) is 8.39. The van der Waals surface area contributed by atoms with Gasteiger partial charge in [-0.1, -0.05) is 25.6 Å². The zero-order valence-electron chi connectivity index (χ0n) is 18.8. The Labute approximate surface area is 189 Å². The molecule has 0 saturated heterocycles. The van der Waals surface area contributed by atoms with Crippen LogP contribution in [-0.4, -0.2) is 40.6 Å². The second-order valence-electron chi connectivity index (χ2n) is 8.41. The topological polar surface area (TPSA) is 141 Å². The van der Waals surface area contributed by atoms with E-state index in [0.29, 0.717) is 40.4 Å². The molecule has 4 rings (SSSR count). The monoisotopic (exact) mass is 452 g/mol. The minimum atomic E-state index is -0.303. The van der Waals surface area contributed by atoms with Gasteiger partial charge in [0, 0.05) is 43.8 Å². The van der Waals surface area contributed by atoms with Crippen molar-refractivity contribution < 1.29 is 19.8 Å². The number of hydrogen-bond donors (Lipinski definition) is 3. The Morgan fingerprint density at radius 1 is 1.12 bits per heavy atom. The van der Waals surface area contributed by atoms with E-state index in [1.807, 2.05) is 27.8 Å². The van der Waals surface area contributed by atoms with E-state index in [9.17, 15) is 4.79 Å². The van der Waals surface area contributed by atoms with Crippen molar-refractivity contribution in [3.05, 3.63) is 42.4 Å². The van der Waals surface area contributed by atoms with Gasteiger partial charge in [0.2, 0.25) is 11.9 Å². The molecule has 0 bridgehead atoms. The minimum absolute atomic E-state index is 0.220. The molecule has 0 unspecified atom stereocenters. The molecule has 1 amide bonds. The number of aryl methyl sites for hydroxylation is 1. The molecule has 0 saturated carbocycles. The molecule has 0 spiro atoms. The third kappa shape index (κ3) is 4.70. The van der Waals surface area contributed by atoms with E-state index in [4.69, 9.17) is 9.99 Å². The highest BCUT2D eigenvalue weighted by Gasteiger charge is 2.23. The number of nitrogens with one attached hydrogen (secondary N) is 2. The van der Waals surface area contributed by atoms with Gasteiger partial charge in [0.25, 0.3) is 0 Å². The number of imidazole rings is 1. The second-order valence-corrected chi connectivity index (χ2v) is 8.41. The lowest BCUT2D eigenvalue weighted by Crippen LogP contribution is -2.21. The zero-order chi connectivity index (χ0) is 23.8. The minimum Gasteiger partial charge on any atom is -0.455 e. The molecule has 0 aliphatic heterocycles. The van der Waals surface area contributed by atoms with Crippen molar-refractivity contribution in [3.8, 4) is 11.5 Å². The number of carbonyl (C=O) groups excluding carboxylic acids is 1. The summed E-state index contributed by atoms with van der Waals surface area (Å²) in [5.41, 5.74) is 1.61. The van der Waals surface area contributed by atoms with E-state index in [1.165, 1.54) is 6.92 Å². The van der Waals surface area contributed by atoms with Crippen LogP contribution in [-0.2, 0) is 17.3 Å². The molecule has 0 atom stereocenters. The van der Waals surface area contributed by atoms with Crippen LogP contribution < -0.4 is 20.4 Å². The van der Waals surface area contributed by atoms with Crippen molar-refractivity contribution in [1.82, 2.24) is 29.5 Å². The predicted molar refractivity (Wildman–Crippen MR) is 121 cm³/mol. The van der Waals surface area contributed by atoms with E-state index < -0.39 is 0 Å². The quantitative estimate of drug-likeness (QED) is 0.297. The summed E-state index contributed by atoms with van der Waals surface area (Å²) in [6, 6.07) is 6.87. The molecule has 4 aromatic rings. The van der Waals surface area contributed by atoms with Gasteiger partial charge in [-0.3, -0.25) is 4.79 Å². The van der Waals surface area contributed by atoms with E-state index in [2.05, 4.69) is 35.7 Å². The fourth-order valence-corrected chi connectivity index (χ4v) is 3.18. The van der Waals surface area contributed by atoms with E-state index >= 15 is 0 Å². The normalized spacial score (nSPS) is 11.5. The Kier molecular flexibility index (Phi) is 5.60. The molecule has 0 aromatic carbocycles. The number of anilines is 3. The summed E-state index contributed by atoms with van der Waals surface area (Å²) in [5.74, 6) is 2.11. The number of aromatic nitrogens is 6. The first-order chi connectivity index (χ1) is 15.6. The summed E-state index contributed by atoms with van der Waals surface area (Å²) < 4.78 is 7.69. The number of hydrogen-bond acceptors (Lipinski definition) is 9. The molecule has 12 heteroatoms. The maximum Gasteiger partial charge on any atom is 0.222 e. The van der Waals surface area contributed by atoms with Crippen molar-refractivity contribution in [2.45, 2.75) is 33.1 Å². The lowest BCUT2D eigenvalue weighted by molar-refractivity contribution is -0.256. The lowest BCUT2D eigenvalue weighted by atomic mass is 9.92. The molecule has 0 fully saturated rings. The van der Waals surface area contributed by atoms with Gasteiger partial charge in [0.15, 0.2) is 11.5 Å². The molecule has 3 N–H and O–H groups in total. The molecular formula is C21H24N8O4. The van der Waals surface area contributed by atoms with Crippen LogP contribution in [0.3, 0.4) is 0 Å². The molecule has 0 aliphatic carbocycles. The summed E-state index contributed by atoms with van der Waals surface area (Å²) in [6.45, 7) is 7.34. The number of carbonyl (C=O) groups is 1. The average molecular weight is 452 g/mol. The highest BCUT2D eigenvalue weighted by Crippen LogP contribution is 2.29. The molecule has 0 aliphatic rings. The molecule has 4 heterocycles. The first-order valence-corrected chi connectivity index (χ1v) is 10.1. The van der Waals surface area contributed by atoms with Gasteiger partial charge < -0.3 is 19.9 Å². The van der Waals surface area contributed by atoms with Gasteiger partial charge in [-0.25, -0.2) is 15.0 Å². The van der Waals surface area contributed by atoms with Crippen molar-refractivity contribution in [2.75, 3.05) is 10.6 Å². The van der Waals surface area contributed by atoms with Gasteiger partial charge in [-0.15, -0.1) is 5.10 Å². The van der Waals surface area contributed by atoms with Crippen LogP contribution >= 0.6 is 0 Å². The summed E-state index contributed by atoms with van der Waals surface area (Å²) in [4.78, 5) is 29.6. The number of nitrogens with zero attached hydrogens (tertiary/aromatic N) is 6. The molecule has 0 radical (unpaired) electrons. The fourth-order valence-electron chi connectivity index (χ4n) is 3.18. The van der Waals surface area contributed by atoms with Crippen LogP contribution in [0.2, 0.25) is 0 Å². The number of fused-ring (bicyclic) bond motifs is 1. The van der Waals surface area contributed by atoms with Crippen LogP contribution in [0.15, 0.2) is 36.7 Å². The SMILES string of the molecule is CC(=O)Nc1cc(Oc2cnc3nc(Nc4cc(C(C)(C)C)n(OO)n4)n(C)c3c2)ccn1. The first-order valence-electron chi connectivity index (χ1n) is 10.1. The maximum absolute atomic E-state index is 11.2. The third-order valence-corrected chi connectivity index (χ3v) is 4.75. The van der Waals surface area contributed by atoms with E-state index in [-0.39, 0.29) is 11.3 Å². The van der Waals surface area contributed by atoms with E-state index in [1.54, 1.807) is 41.2 Å². The van der Waals surface area contributed by atoms with Gasteiger partial charge in [-0.05, 0) is 6.07 Å². The maximum atomic E-state index is 11.2. The van der Waals surface area contributed by atoms with Crippen molar-refractivity contribution in [3.63, 3.8) is 0 Å². The first kappa shape index (κ1) is 22.0. The Balaban J connectivity index is 1.59. The van der Waals surface area contributed by atoms with Crippen molar-refractivity contribution >= 4 is 34.7 Å². The molecule has 33 heavy (non-hydrogen) atoms. The summed E-state index contributed by atoms with van der Waals surface area (Å²) >= 11 is 0. The van der Waals surface area contributed by atoms with Crippen LogP contribution in [0.25, 0.3) is 11.2 Å². The van der Waals surface area contributed by atoms with Crippen molar-refractivity contribution in [1.29, 1.82) is 0 Å². The van der Waals surface area contributed by atoms with Gasteiger partial charge >= 0.3 is 0 Å². The van der Waals surface area contributed by atoms with Crippen LogP contribution in [0.5, 0.6) is 11.5 Å². The van der Waals surface area contributed by atoms with Gasteiger partial charge in [0.1, 0.15) is 17.3 Å². The number of ether oxygens (including phenoxy) is 1. The average Bonchev–Trinajstić information content (AvgIpc) is 3.29. The smallest absolute Gasteiger partial charge is 0.222 e. The summed E-state index contributed by atoms with van der Waals surface area (Å²) in [6.07, 6.45) is 3.10. The number of amides is 1. The van der Waals surface area contributed by atoms with Gasteiger partial charge in [0.05, 0.1) is 17.4 Å². The molecule has 4 aromatic heterocycles.